The number of H-pyrrole nitrogens is 1. The highest BCUT2D eigenvalue weighted by atomic mass is 32.1. The molecule has 0 saturated heterocycles. The zero-order valence-corrected chi connectivity index (χ0v) is 20.4. The molecule has 6 nitrogen and oxygen atoms in total. The second kappa shape index (κ2) is 9.14. The first-order valence-corrected chi connectivity index (χ1v) is 12.2. The zero-order chi connectivity index (χ0) is 23.8. The summed E-state index contributed by atoms with van der Waals surface area (Å²) in [6.07, 6.45) is 4.03. The van der Waals surface area contributed by atoms with Gasteiger partial charge in [-0.25, -0.2) is 0 Å². The quantitative estimate of drug-likeness (QED) is 0.436. The third-order valence-corrected chi connectivity index (χ3v) is 7.56. The summed E-state index contributed by atoms with van der Waals surface area (Å²) in [6.45, 7) is 8.49. The lowest BCUT2D eigenvalue weighted by atomic mass is 9.84. The van der Waals surface area contributed by atoms with Crippen molar-refractivity contribution in [2.75, 3.05) is 6.61 Å². The number of hydrogen-bond acceptors (Lipinski definition) is 6. The van der Waals surface area contributed by atoms with E-state index in [1.54, 1.807) is 0 Å². The van der Waals surface area contributed by atoms with Gasteiger partial charge in [-0.15, -0.1) is 0 Å². The Morgan fingerprint density at radius 3 is 2.48 bits per heavy atom. The van der Waals surface area contributed by atoms with Gasteiger partial charge in [0.2, 0.25) is 5.88 Å². The van der Waals surface area contributed by atoms with E-state index in [1.807, 2.05) is 45.0 Å². The number of phenols is 1. The van der Waals surface area contributed by atoms with Gasteiger partial charge in [-0.1, -0.05) is 36.8 Å². The summed E-state index contributed by atoms with van der Waals surface area (Å²) in [5.74, 6) is 1.96. The van der Waals surface area contributed by atoms with Crippen molar-refractivity contribution in [2.45, 2.75) is 65.4 Å². The summed E-state index contributed by atoms with van der Waals surface area (Å²) < 4.78 is 12.8. The zero-order valence-electron chi connectivity index (χ0n) is 19.6. The van der Waals surface area contributed by atoms with Crippen LogP contribution in [0.25, 0.3) is 0 Å². The average Bonchev–Trinajstić information content (AvgIpc) is 3.12. The minimum Gasteiger partial charge on any atom is -0.507 e. The van der Waals surface area contributed by atoms with Gasteiger partial charge in [0.05, 0.1) is 4.88 Å². The van der Waals surface area contributed by atoms with Crippen molar-refractivity contribution in [2.24, 2.45) is 0 Å². The van der Waals surface area contributed by atoms with Crippen LogP contribution in [-0.2, 0) is 12.8 Å². The molecule has 1 aliphatic rings. The fraction of sp³-hybridized carbons (Fsp3) is 0.423. The van der Waals surface area contributed by atoms with Crippen LogP contribution in [0.4, 0.5) is 0 Å². The van der Waals surface area contributed by atoms with Crippen LogP contribution >= 0.6 is 11.3 Å². The van der Waals surface area contributed by atoms with Crippen LogP contribution in [-0.4, -0.2) is 27.4 Å². The number of thiazole rings is 1. The molecular weight excluding hydrogens is 438 g/mol. The molecule has 33 heavy (non-hydrogen) atoms. The van der Waals surface area contributed by atoms with Gasteiger partial charge in [0.15, 0.2) is 0 Å². The van der Waals surface area contributed by atoms with Crippen molar-refractivity contribution in [3.63, 3.8) is 0 Å². The first-order valence-electron chi connectivity index (χ1n) is 11.4. The number of rotatable bonds is 7. The topological polar surface area (TPSA) is 91.8 Å². The fourth-order valence-electron chi connectivity index (χ4n) is 4.61. The monoisotopic (exact) mass is 469 g/mol. The van der Waals surface area contributed by atoms with E-state index in [4.69, 9.17) is 9.47 Å². The minimum atomic E-state index is -0.413. The molecular formula is C26H31NO5S. The molecule has 0 radical (unpaired) electrons. The van der Waals surface area contributed by atoms with Crippen molar-refractivity contribution in [3.8, 4) is 23.1 Å². The molecule has 0 spiro atoms. The lowest BCUT2D eigenvalue weighted by Crippen LogP contribution is -2.45. The Labute approximate surface area is 197 Å². The molecule has 0 fully saturated rings. The maximum atomic E-state index is 11.4. The number of aromatic nitrogens is 1. The molecule has 1 aromatic heterocycles. The number of nitrogens with one attached hydrogen (secondary N) is 1. The van der Waals surface area contributed by atoms with E-state index in [2.05, 4.69) is 11.9 Å². The Hall–Kier alpha value is -2.93. The minimum absolute atomic E-state index is 0.0596. The van der Waals surface area contributed by atoms with Gasteiger partial charge in [0.1, 0.15) is 29.5 Å². The van der Waals surface area contributed by atoms with Crippen molar-refractivity contribution < 1.29 is 19.7 Å². The highest BCUT2D eigenvalue weighted by molar-refractivity contribution is 7.09. The van der Waals surface area contributed by atoms with Crippen LogP contribution in [0.3, 0.4) is 0 Å². The van der Waals surface area contributed by atoms with E-state index in [1.165, 1.54) is 0 Å². The summed E-state index contributed by atoms with van der Waals surface area (Å²) in [5, 5.41) is 20.2. The normalized spacial score (nSPS) is 17.5. The molecule has 3 N–H and O–H groups in total. The Kier molecular flexibility index (Phi) is 6.43. The maximum Gasteiger partial charge on any atom is 0.307 e. The molecule has 2 aromatic carbocycles. The summed E-state index contributed by atoms with van der Waals surface area (Å²) in [6, 6.07) is 7.72. The van der Waals surface area contributed by atoms with Crippen molar-refractivity contribution in [1.82, 2.24) is 4.98 Å². The molecule has 0 amide bonds. The molecule has 3 aromatic rings. The van der Waals surface area contributed by atoms with Gasteiger partial charge < -0.3 is 19.7 Å². The lowest BCUT2D eigenvalue weighted by Gasteiger charge is -2.40. The van der Waals surface area contributed by atoms with E-state index in [-0.39, 0.29) is 10.8 Å². The van der Waals surface area contributed by atoms with Crippen LogP contribution < -0.4 is 14.3 Å². The van der Waals surface area contributed by atoms with Crippen LogP contribution in [0.5, 0.6) is 23.1 Å². The molecule has 0 saturated carbocycles. The van der Waals surface area contributed by atoms with Gasteiger partial charge in [0, 0.05) is 12.0 Å². The van der Waals surface area contributed by atoms with E-state index in [9.17, 15) is 15.0 Å². The number of ether oxygens (including phenoxy) is 2. The molecule has 1 aliphatic heterocycles. The Morgan fingerprint density at radius 1 is 1.12 bits per heavy atom. The summed E-state index contributed by atoms with van der Waals surface area (Å²) in [7, 11) is 0. The third kappa shape index (κ3) is 4.60. The average molecular weight is 470 g/mol. The van der Waals surface area contributed by atoms with Gasteiger partial charge in [-0.2, -0.15) is 0 Å². The standard InChI is InChI=1S/C26H31NO5S/c1-5-11-26(12-10-20-17(4)22(28)15(2)16(3)23(20)32-26)14-31-19-8-6-18(7-9-19)13-21-24(29)27-25(30)33-21/h6-9,28-29H,5,10-14H2,1-4H3,(H,27,30). The van der Waals surface area contributed by atoms with Crippen molar-refractivity contribution in [3.05, 3.63) is 66.6 Å². The Balaban J connectivity index is 1.49. The van der Waals surface area contributed by atoms with Crippen LogP contribution in [0.15, 0.2) is 29.1 Å². The second-order valence-corrected chi connectivity index (χ2v) is 10.0. The Bertz CT molecular complexity index is 1210. The summed E-state index contributed by atoms with van der Waals surface area (Å²) in [4.78, 5) is 14.1. The maximum absolute atomic E-state index is 11.4. The van der Waals surface area contributed by atoms with Crippen LogP contribution in [0.1, 0.15) is 58.9 Å². The van der Waals surface area contributed by atoms with Gasteiger partial charge in [-0.05, 0) is 74.4 Å². The molecule has 4 rings (SSSR count). The van der Waals surface area contributed by atoms with E-state index in [0.717, 1.165) is 76.3 Å². The van der Waals surface area contributed by atoms with Gasteiger partial charge >= 0.3 is 4.87 Å². The number of phenolic OH excluding ortho intramolecular Hbond substituents is 1. The largest absolute Gasteiger partial charge is 0.507 e. The molecule has 176 valence electrons. The van der Waals surface area contributed by atoms with Crippen LogP contribution in [0.2, 0.25) is 0 Å². The predicted octanol–water partition coefficient (Wildman–Crippen LogP) is 5.31. The van der Waals surface area contributed by atoms with E-state index < -0.39 is 5.60 Å². The molecule has 0 bridgehead atoms. The highest BCUT2D eigenvalue weighted by Crippen LogP contribution is 2.44. The first kappa shape index (κ1) is 23.2. The smallest absolute Gasteiger partial charge is 0.307 e. The molecule has 2 heterocycles. The fourth-order valence-corrected chi connectivity index (χ4v) is 5.37. The molecule has 1 atom stereocenters. The molecule has 1 unspecified atom stereocenters. The summed E-state index contributed by atoms with van der Waals surface area (Å²) in [5.41, 5.74) is 4.45. The first-order chi connectivity index (χ1) is 15.7. The molecule has 0 aliphatic carbocycles. The van der Waals surface area contributed by atoms with E-state index >= 15 is 0 Å². The highest BCUT2D eigenvalue weighted by Gasteiger charge is 2.38. The second-order valence-electron chi connectivity index (χ2n) is 8.96. The van der Waals surface area contributed by atoms with Gasteiger partial charge in [0.25, 0.3) is 0 Å². The van der Waals surface area contributed by atoms with Crippen molar-refractivity contribution >= 4 is 11.3 Å². The number of hydrogen-bond donors (Lipinski definition) is 3. The SMILES string of the molecule is CCCC1(COc2ccc(Cc3sc(=O)[nH]c3O)cc2)CCc2c(C)c(O)c(C)c(C)c2O1. The number of aromatic hydroxyl groups is 2. The van der Waals surface area contributed by atoms with E-state index in [0.29, 0.717) is 23.7 Å². The Morgan fingerprint density at radius 2 is 1.85 bits per heavy atom. The predicted molar refractivity (Wildman–Crippen MR) is 130 cm³/mol. The number of aromatic amines is 1. The molecule has 7 heteroatoms. The summed E-state index contributed by atoms with van der Waals surface area (Å²) >= 11 is 1.02. The van der Waals surface area contributed by atoms with Crippen molar-refractivity contribution in [1.29, 1.82) is 0 Å². The number of fused-ring (bicyclic) bond motifs is 1. The van der Waals surface area contributed by atoms with Crippen LogP contribution in [0, 0.1) is 20.8 Å². The van der Waals surface area contributed by atoms with Gasteiger partial charge in [-0.3, -0.25) is 9.78 Å². The lowest BCUT2D eigenvalue weighted by molar-refractivity contribution is -0.00694. The third-order valence-electron chi connectivity index (χ3n) is 6.69. The number of benzene rings is 2.